The molecule has 1 heterocycles. The number of nitrogens with zero attached hydrogens (tertiary/aromatic N) is 2. The monoisotopic (exact) mass is 480 g/mol. The minimum Gasteiger partial charge on any atom is -0.388 e. The molecule has 0 aliphatic heterocycles. The van der Waals surface area contributed by atoms with Gasteiger partial charge in [-0.1, -0.05) is 0 Å². The molecule has 1 aromatic heterocycles. The van der Waals surface area contributed by atoms with Crippen molar-refractivity contribution in [1.29, 1.82) is 5.41 Å². The Balaban J connectivity index is 1.90. The predicted molar refractivity (Wildman–Crippen MR) is 130 cm³/mol. The Kier molecular flexibility index (Phi) is 10.4. The normalized spacial score (nSPS) is 10.6. The molecule has 2 rings (SSSR count). The molecule has 0 saturated carbocycles. The maximum atomic E-state index is 12.5. The summed E-state index contributed by atoms with van der Waals surface area (Å²) < 4.78 is 1.72. The van der Waals surface area contributed by atoms with Crippen LogP contribution in [0.5, 0.6) is 0 Å². The highest BCUT2D eigenvalue weighted by Crippen LogP contribution is 2.16. The smallest absolute Gasteiger partial charge is 0.267 e. The van der Waals surface area contributed by atoms with Crippen molar-refractivity contribution >= 4 is 46.5 Å². The molecular formula is C22H30Cl2N6O2. The second-order valence-corrected chi connectivity index (χ2v) is 8.08. The number of rotatable bonds is 13. The number of nitrogens with two attached hydrogens (primary N) is 1. The summed E-state index contributed by atoms with van der Waals surface area (Å²) in [6, 6.07) is 9.05. The van der Waals surface area contributed by atoms with Gasteiger partial charge in [0.2, 0.25) is 0 Å². The van der Waals surface area contributed by atoms with Crippen molar-refractivity contribution in [1.82, 2.24) is 15.2 Å². The molecule has 10 heteroatoms. The van der Waals surface area contributed by atoms with Gasteiger partial charge in [-0.05, 0) is 42.3 Å². The Bertz CT molecular complexity index is 908. The number of anilines is 1. The molecule has 1 aromatic carbocycles. The van der Waals surface area contributed by atoms with Crippen molar-refractivity contribution in [2.45, 2.75) is 19.4 Å². The molecule has 0 fully saturated rings. The highest BCUT2D eigenvalue weighted by molar-refractivity contribution is 6.18. The number of benzene rings is 1. The zero-order valence-corrected chi connectivity index (χ0v) is 19.7. The van der Waals surface area contributed by atoms with Gasteiger partial charge < -0.3 is 25.8 Å². The maximum absolute atomic E-state index is 12.5. The van der Waals surface area contributed by atoms with Crippen LogP contribution < -0.4 is 21.3 Å². The zero-order chi connectivity index (χ0) is 23.5. The average molecular weight is 481 g/mol. The Morgan fingerprint density at radius 2 is 1.75 bits per heavy atom. The van der Waals surface area contributed by atoms with E-state index in [9.17, 15) is 9.59 Å². The summed E-state index contributed by atoms with van der Waals surface area (Å²) in [5.41, 5.74) is 8.14. The number of aryl methyl sites for hydroxylation is 1. The first kappa shape index (κ1) is 25.5. The molecule has 0 radical (unpaired) electrons. The van der Waals surface area contributed by atoms with Crippen molar-refractivity contribution in [3.8, 4) is 0 Å². The van der Waals surface area contributed by atoms with E-state index in [1.54, 1.807) is 29.8 Å². The number of hydrogen-bond donors (Lipinski definition) is 4. The van der Waals surface area contributed by atoms with E-state index in [1.807, 2.05) is 18.3 Å². The second-order valence-electron chi connectivity index (χ2n) is 7.32. The number of amides is 2. The summed E-state index contributed by atoms with van der Waals surface area (Å²) in [6.45, 7) is 2.11. The van der Waals surface area contributed by atoms with E-state index in [1.165, 1.54) is 0 Å². The van der Waals surface area contributed by atoms with E-state index in [4.69, 9.17) is 34.3 Å². The summed E-state index contributed by atoms with van der Waals surface area (Å²) >= 11 is 11.7. The van der Waals surface area contributed by atoms with Crippen molar-refractivity contribution in [2.75, 3.05) is 36.3 Å². The van der Waals surface area contributed by atoms with Gasteiger partial charge in [-0.2, -0.15) is 0 Å². The van der Waals surface area contributed by atoms with E-state index in [0.717, 1.165) is 11.3 Å². The largest absolute Gasteiger partial charge is 0.388 e. The number of alkyl halides is 2. The van der Waals surface area contributed by atoms with Gasteiger partial charge in [-0.15, -0.1) is 23.2 Å². The number of aromatic nitrogens is 1. The summed E-state index contributed by atoms with van der Waals surface area (Å²) in [4.78, 5) is 26.9. The Morgan fingerprint density at radius 3 is 2.34 bits per heavy atom. The fraction of sp³-hybridized carbons (Fsp3) is 0.409. The molecule has 0 bridgehead atoms. The van der Waals surface area contributed by atoms with E-state index < -0.39 is 0 Å². The van der Waals surface area contributed by atoms with Crippen LogP contribution in [-0.2, 0) is 13.6 Å². The maximum Gasteiger partial charge on any atom is 0.267 e. The van der Waals surface area contributed by atoms with Gasteiger partial charge in [0.25, 0.3) is 11.8 Å². The second kappa shape index (κ2) is 13.0. The van der Waals surface area contributed by atoms with Crippen molar-refractivity contribution in [3.63, 3.8) is 0 Å². The van der Waals surface area contributed by atoms with Crippen LogP contribution in [-0.4, -0.2) is 53.6 Å². The first-order chi connectivity index (χ1) is 15.3. The lowest BCUT2D eigenvalue weighted by atomic mass is 10.1. The molecular weight excluding hydrogens is 451 g/mol. The van der Waals surface area contributed by atoms with Gasteiger partial charge in [0.1, 0.15) is 5.69 Å². The number of carbonyl (C=O) groups excluding carboxylic acids is 2. The fourth-order valence-electron chi connectivity index (χ4n) is 3.21. The van der Waals surface area contributed by atoms with Crippen molar-refractivity contribution in [2.24, 2.45) is 12.8 Å². The van der Waals surface area contributed by atoms with E-state index >= 15 is 0 Å². The molecule has 0 unspecified atom stereocenters. The van der Waals surface area contributed by atoms with Gasteiger partial charge in [-0.3, -0.25) is 15.0 Å². The Hall–Kier alpha value is -2.71. The third kappa shape index (κ3) is 7.76. The van der Waals surface area contributed by atoms with Gasteiger partial charge in [0.05, 0.1) is 5.84 Å². The van der Waals surface area contributed by atoms with Crippen molar-refractivity contribution < 1.29 is 9.59 Å². The molecule has 2 aromatic rings. The third-order valence-electron chi connectivity index (χ3n) is 4.86. The first-order valence-electron chi connectivity index (χ1n) is 10.4. The first-order valence-corrected chi connectivity index (χ1v) is 11.4. The molecule has 174 valence electrons. The molecule has 0 aliphatic carbocycles. The van der Waals surface area contributed by atoms with Gasteiger partial charge in [0, 0.05) is 68.9 Å². The van der Waals surface area contributed by atoms with Gasteiger partial charge in [-0.25, -0.2) is 0 Å². The summed E-state index contributed by atoms with van der Waals surface area (Å²) in [7, 11) is 1.78. The van der Waals surface area contributed by atoms with Gasteiger partial charge >= 0.3 is 0 Å². The van der Waals surface area contributed by atoms with Crippen LogP contribution in [0.4, 0.5) is 5.69 Å². The van der Waals surface area contributed by atoms with E-state index in [0.29, 0.717) is 62.0 Å². The lowest BCUT2D eigenvalue weighted by Crippen LogP contribution is -2.27. The molecule has 0 atom stereocenters. The minimum absolute atomic E-state index is 0.105. The molecule has 8 nitrogen and oxygen atoms in total. The van der Waals surface area contributed by atoms with Crippen LogP contribution in [0.3, 0.4) is 0 Å². The summed E-state index contributed by atoms with van der Waals surface area (Å²) in [6.07, 6.45) is 2.87. The average Bonchev–Trinajstić information content (AvgIpc) is 3.15. The molecule has 0 spiro atoms. The quantitative estimate of drug-likeness (QED) is 0.152. The minimum atomic E-state index is -0.206. The van der Waals surface area contributed by atoms with Crippen LogP contribution in [0, 0.1) is 5.41 Å². The molecule has 0 aliphatic rings. The number of carbonyl (C=O) groups is 2. The number of hydrogen-bond acceptors (Lipinski definition) is 4. The number of amidine groups is 1. The Morgan fingerprint density at radius 1 is 1.09 bits per heavy atom. The molecule has 0 saturated heterocycles. The van der Waals surface area contributed by atoms with Crippen LogP contribution in [0.1, 0.15) is 39.3 Å². The van der Waals surface area contributed by atoms with Crippen molar-refractivity contribution in [3.05, 3.63) is 53.3 Å². The summed E-state index contributed by atoms with van der Waals surface area (Å²) in [5.74, 6) is 0.691. The summed E-state index contributed by atoms with van der Waals surface area (Å²) in [5, 5.41) is 12.9. The highest BCUT2D eigenvalue weighted by atomic mass is 35.5. The number of nitrogens with one attached hydrogen (secondary N) is 3. The Labute approximate surface area is 198 Å². The zero-order valence-electron chi connectivity index (χ0n) is 18.2. The van der Waals surface area contributed by atoms with E-state index in [-0.39, 0.29) is 17.6 Å². The van der Waals surface area contributed by atoms with Crippen LogP contribution in [0.15, 0.2) is 36.5 Å². The molecule has 32 heavy (non-hydrogen) atoms. The third-order valence-corrected chi connectivity index (χ3v) is 5.20. The molecule has 2 amide bonds. The van der Waals surface area contributed by atoms with E-state index in [2.05, 4.69) is 15.5 Å². The molecule has 5 N–H and O–H groups in total. The topological polar surface area (TPSA) is 116 Å². The standard InChI is InChI=1S/C22H30Cl2N6O2/c1-29-15-16(13-19(29)22(32)27-10-2-3-20(25)26)14-28-21(31)17-4-6-18(7-5-17)30(11-8-23)12-9-24/h4-7,13,15H,2-3,8-12,14H2,1H3,(H3,25,26)(H,27,32)(H,28,31). The van der Waals surface area contributed by atoms with Crippen LogP contribution >= 0.6 is 23.2 Å². The SMILES string of the molecule is Cn1cc(CNC(=O)c2ccc(N(CCCl)CCCl)cc2)cc1C(=O)NCCCC(=N)N. The van der Waals surface area contributed by atoms with Crippen LogP contribution in [0.25, 0.3) is 0 Å². The number of halogens is 2. The lowest BCUT2D eigenvalue weighted by Gasteiger charge is -2.22. The van der Waals surface area contributed by atoms with Crippen LogP contribution in [0.2, 0.25) is 0 Å². The highest BCUT2D eigenvalue weighted by Gasteiger charge is 2.13. The lowest BCUT2D eigenvalue weighted by molar-refractivity contribution is 0.0940. The predicted octanol–water partition coefficient (Wildman–Crippen LogP) is 2.69. The fourth-order valence-corrected chi connectivity index (χ4v) is 3.62. The van der Waals surface area contributed by atoms with Gasteiger partial charge in [0.15, 0.2) is 0 Å².